The Hall–Kier alpha value is -2.44. The number of benzene rings is 2. The van der Waals surface area contributed by atoms with Crippen LogP contribution < -0.4 is 11.5 Å². The van der Waals surface area contributed by atoms with E-state index in [9.17, 15) is 9.59 Å². The largest absolute Gasteiger partial charge is 0.480 e. The summed E-state index contributed by atoms with van der Waals surface area (Å²) in [6, 6.07) is 12.5. The van der Waals surface area contributed by atoms with Crippen LogP contribution in [0.5, 0.6) is 0 Å². The number of nitrogens with two attached hydrogens (primary N) is 2. The van der Waals surface area contributed by atoms with Gasteiger partial charge in [-0.1, -0.05) is 62.2 Å². The molecule has 2 rings (SSSR count). The molecular weight excluding hydrogens is 320 g/mol. The average molecular weight is 346 g/mol. The van der Waals surface area contributed by atoms with Crippen LogP contribution in [0.2, 0.25) is 0 Å². The monoisotopic (exact) mass is 346 g/mol. The van der Waals surface area contributed by atoms with Crippen molar-refractivity contribution in [3.8, 4) is 0 Å². The zero-order chi connectivity index (χ0) is 19.0. The Kier molecular flexibility index (Phi) is 7.54. The summed E-state index contributed by atoms with van der Waals surface area (Å²) >= 11 is 0. The first-order valence-corrected chi connectivity index (χ1v) is 8.20. The Balaban J connectivity index is 0.000000299. The number of unbranched alkanes of at least 4 members (excludes halogenated alkanes) is 1. The molecule has 0 aliphatic carbocycles. The number of carboxylic acids is 2. The van der Waals surface area contributed by atoms with E-state index in [4.69, 9.17) is 21.7 Å². The third kappa shape index (κ3) is 5.55. The average Bonchev–Trinajstić information content (AvgIpc) is 2.59. The van der Waals surface area contributed by atoms with Crippen LogP contribution in [-0.4, -0.2) is 28.2 Å². The van der Waals surface area contributed by atoms with E-state index >= 15 is 0 Å². The molecule has 6 heteroatoms. The fourth-order valence-corrected chi connectivity index (χ4v) is 2.34. The summed E-state index contributed by atoms with van der Waals surface area (Å²) < 4.78 is 0. The van der Waals surface area contributed by atoms with Gasteiger partial charge in [-0.05, 0) is 29.7 Å². The standard InChI is InChI=1S/C13H13NO2.C6H13NO2/c1-13(14,12(15)16)11-8-4-6-9-5-2-3-7-10(9)11;1-2-3-4-5(7)6(8)9/h2-8H,14H2,1H3,(H,15,16);5H,2-4,7H2,1H3,(H,8,9)/t13-;5-/m10/s1. The van der Waals surface area contributed by atoms with Gasteiger partial charge >= 0.3 is 11.9 Å². The second-order valence-electron chi connectivity index (χ2n) is 6.12. The van der Waals surface area contributed by atoms with Gasteiger partial charge in [-0.3, -0.25) is 4.79 Å². The summed E-state index contributed by atoms with van der Waals surface area (Å²) in [7, 11) is 0. The lowest BCUT2D eigenvalue weighted by atomic mass is 9.89. The van der Waals surface area contributed by atoms with Crippen LogP contribution in [0.15, 0.2) is 42.5 Å². The Morgan fingerprint density at radius 1 is 1.12 bits per heavy atom. The summed E-state index contributed by atoms with van der Waals surface area (Å²) in [6.45, 7) is 3.52. The molecule has 6 N–H and O–H groups in total. The maximum absolute atomic E-state index is 11.1. The predicted molar refractivity (Wildman–Crippen MR) is 98.3 cm³/mol. The highest BCUT2D eigenvalue weighted by Crippen LogP contribution is 2.26. The molecule has 0 radical (unpaired) electrons. The SMILES string of the molecule is CCCC[C@H](N)C(=O)O.C[C@](N)(C(=O)O)c1cccc2ccccc12. The lowest BCUT2D eigenvalue weighted by molar-refractivity contribution is -0.143. The molecule has 0 fully saturated rings. The second kappa shape index (κ2) is 9.15. The lowest BCUT2D eigenvalue weighted by Crippen LogP contribution is -2.41. The highest BCUT2D eigenvalue weighted by Gasteiger charge is 2.31. The molecule has 0 heterocycles. The van der Waals surface area contributed by atoms with E-state index in [-0.39, 0.29) is 0 Å². The van der Waals surface area contributed by atoms with Gasteiger partial charge < -0.3 is 21.7 Å². The number of aliphatic carboxylic acids is 2. The summed E-state index contributed by atoms with van der Waals surface area (Å²) in [4.78, 5) is 21.2. The number of hydrogen-bond acceptors (Lipinski definition) is 4. The molecule has 0 saturated carbocycles. The third-order valence-corrected chi connectivity index (χ3v) is 3.98. The van der Waals surface area contributed by atoms with Gasteiger partial charge in [0.25, 0.3) is 0 Å². The van der Waals surface area contributed by atoms with Gasteiger partial charge in [-0.15, -0.1) is 0 Å². The molecule has 2 atom stereocenters. The zero-order valence-electron chi connectivity index (χ0n) is 14.6. The van der Waals surface area contributed by atoms with E-state index < -0.39 is 23.5 Å². The van der Waals surface area contributed by atoms with Crippen molar-refractivity contribution in [1.29, 1.82) is 0 Å². The minimum Gasteiger partial charge on any atom is -0.480 e. The van der Waals surface area contributed by atoms with Crippen molar-refractivity contribution in [3.05, 3.63) is 48.0 Å². The first-order valence-electron chi connectivity index (χ1n) is 8.20. The van der Waals surface area contributed by atoms with Crippen LogP contribution in [0, 0.1) is 0 Å². The highest BCUT2D eigenvalue weighted by atomic mass is 16.4. The number of rotatable bonds is 6. The van der Waals surface area contributed by atoms with E-state index in [0.29, 0.717) is 12.0 Å². The van der Waals surface area contributed by atoms with Crippen LogP contribution in [-0.2, 0) is 15.1 Å². The maximum Gasteiger partial charge on any atom is 0.328 e. The molecule has 2 aromatic carbocycles. The van der Waals surface area contributed by atoms with Crippen molar-refractivity contribution in [2.24, 2.45) is 11.5 Å². The second-order valence-corrected chi connectivity index (χ2v) is 6.12. The quantitative estimate of drug-likeness (QED) is 0.637. The van der Waals surface area contributed by atoms with Crippen LogP contribution in [0.3, 0.4) is 0 Å². The summed E-state index contributed by atoms with van der Waals surface area (Å²) in [6.07, 6.45) is 2.49. The predicted octanol–water partition coefficient (Wildman–Crippen LogP) is 2.69. The third-order valence-electron chi connectivity index (χ3n) is 3.98. The van der Waals surface area contributed by atoms with Crippen molar-refractivity contribution < 1.29 is 19.8 Å². The summed E-state index contributed by atoms with van der Waals surface area (Å²) in [5.74, 6) is -1.92. The molecule has 0 saturated heterocycles. The summed E-state index contributed by atoms with van der Waals surface area (Å²) in [5.41, 5.74) is 10.3. The number of carbonyl (C=O) groups is 2. The Bertz CT molecular complexity index is 723. The van der Waals surface area contributed by atoms with E-state index in [0.717, 1.165) is 23.6 Å². The molecule has 0 aliphatic heterocycles. The highest BCUT2D eigenvalue weighted by molar-refractivity contribution is 5.92. The van der Waals surface area contributed by atoms with Crippen molar-refractivity contribution in [2.45, 2.75) is 44.7 Å². The van der Waals surface area contributed by atoms with E-state index in [1.165, 1.54) is 6.92 Å². The molecule has 136 valence electrons. The van der Waals surface area contributed by atoms with Gasteiger partial charge in [-0.25, -0.2) is 4.79 Å². The molecule has 25 heavy (non-hydrogen) atoms. The molecule has 0 bridgehead atoms. The van der Waals surface area contributed by atoms with Crippen LogP contribution in [0.25, 0.3) is 10.8 Å². The molecule has 0 amide bonds. The smallest absolute Gasteiger partial charge is 0.328 e. The Morgan fingerprint density at radius 2 is 1.72 bits per heavy atom. The molecule has 0 aliphatic rings. The van der Waals surface area contributed by atoms with Gasteiger partial charge in [0.05, 0.1) is 0 Å². The first-order chi connectivity index (χ1) is 11.7. The van der Waals surface area contributed by atoms with E-state index in [1.54, 1.807) is 6.07 Å². The van der Waals surface area contributed by atoms with E-state index in [2.05, 4.69) is 0 Å². The van der Waals surface area contributed by atoms with Crippen molar-refractivity contribution in [1.82, 2.24) is 0 Å². The molecule has 2 aromatic rings. The van der Waals surface area contributed by atoms with Gasteiger partial charge in [0, 0.05) is 0 Å². The van der Waals surface area contributed by atoms with Gasteiger partial charge in [-0.2, -0.15) is 0 Å². The normalized spacial score (nSPS) is 14.1. The minimum absolute atomic E-state index is 0.589. The Labute approximate surface area is 147 Å². The van der Waals surface area contributed by atoms with Gasteiger partial charge in [0.15, 0.2) is 0 Å². The fourth-order valence-electron chi connectivity index (χ4n) is 2.34. The number of fused-ring (bicyclic) bond motifs is 1. The molecular formula is C19H26N2O4. The zero-order valence-corrected chi connectivity index (χ0v) is 14.6. The molecule has 0 aromatic heterocycles. The topological polar surface area (TPSA) is 127 Å². The maximum atomic E-state index is 11.1. The van der Waals surface area contributed by atoms with Crippen LogP contribution >= 0.6 is 0 Å². The number of carboxylic acid groups (broad SMARTS) is 2. The van der Waals surface area contributed by atoms with E-state index in [1.807, 2.05) is 43.3 Å². The lowest BCUT2D eigenvalue weighted by Gasteiger charge is -2.21. The van der Waals surface area contributed by atoms with Crippen molar-refractivity contribution >= 4 is 22.7 Å². The summed E-state index contributed by atoms with van der Waals surface area (Å²) in [5, 5.41) is 19.3. The Morgan fingerprint density at radius 3 is 2.28 bits per heavy atom. The van der Waals surface area contributed by atoms with Crippen LogP contribution in [0.4, 0.5) is 0 Å². The van der Waals surface area contributed by atoms with Gasteiger partial charge in [0.1, 0.15) is 11.6 Å². The first kappa shape index (κ1) is 20.6. The van der Waals surface area contributed by atoms with Gasteiger partial charge in [0.2, 0.25) is 0 Å². The molecule has 0 unspecified atom stereocenters. The minimum atomic E-state index is -1.36. The van der Waals surface area contributed by atoms with Crippen LogP contribution in [0.1, 0.15) is 38.7 Å². The fraction of sp³-hybridized carbons (Fsp3) is 0.368. The molecule has 6 nitrogen and oxygen atoms in total. The number of hydrogen-bond donors (Lipinski definition) is 4. The molecule has 0 spiro atoms. The van der Waals surface area contributed by atoms with Crippen molar-refractivity contribution in [3.63, 3.8) is 0 Å². The van der Waals surface area contributed by atoms with Crippen molar-refractivity contribution in [2.75, 3.05) is 0 Å².